The van der Waals surface area contributed by atoms with Crippen molar-refractivity contribution in [3.63, 3.8) is 0 Å². The Morgan fingerprint density at radius 3 is 2.75 bits per heavy atom. The van der Waals surface area contributed by atoms with Gasteiger partial charge in [0.15, 0.2) is 5.78 Å². The van der Waals surface area contributed by atoms with E-state index in [9.17, 15) is 9.90 Å². The van der Waals surface area contributed by atoms with Gasteiger partial charge < -0.3 is 10.0 Å². The molecule has 1 aliphatic rings. The van der Waals surface area contributed by atoms with Crippen molar-refractivity contribution in [1.82, 2.24) is 9.80 Å². The van der Waals surface area contributed by atoms with Gasteiger partial charge in [0.1, 0.15) is 5.75 Å². The molecule has 1 saturated heterocycles. The van der Waals surface area contributed by atoms with Crippen molar-refractivity contribution < 1.29 is 9.90 Å². The molecule has 0 radical (unpaired) electrons. The number of ketones is 1. The van der Waals surface area contributed by atoms with Crippen LogP contribution in [0.25, 0.3) is 0 Å². The number of halogens is 1. The third-order valence-corrected chi connectivity index (χ3v) is 3.96. The van der Waals surface area contributed by atoms with Crippen LogP contribution in [0.4, 0.5) is 0 Å². The van der Waals surface area contributed by atoms with E-state index in [0.29, 0.717) is 17.1 Å². The van der Waals surface area contributed by atoms with E-state index < -0.39 is 0 Å². The lowest BCUT2D eigenvalue weighted by molar-refractivity contribution is 0.101. The zero-order valence-corrected chi connectivity index (χ0v) is 12.8. The second-order valence-electron chi connectivity index (χ2n) is 5.45. The van der Waals surface area contributed by atoms with Crippen LogP contribution in [0.5, 0.6) is 5.75 Å². The van der Waals surface area contributed by atoms with Gasteiger partial charge in [-0.2, -0.15) is 0 Å². The molecule has 0 amide bonds. The van der Waals surface area contributed by atoms with Crippen molar-refractivity contribution in [2.75, 3.05) is 33.2 Å². The lowest BCUT2D eigenvalue weighted by Gasteiger charge is -2.21. The van der Waals surface area contributed by atoms with E-state index in [0.717, 1.165) is 38.2 Å². The summed E-state index contributed by atoms with van der Waals surface area (Å²) < 4.78 is 0. The Morgan fingerprint density at radius 2 is 2.05 bits per heavy atom. The van der Waals surface area contributed by atoms with E-state index in [1.54, 1.807) is 6.07 Å². The molecule has 0 saturated carbocycles. The molecule has 0 spiro atoms. The fraction of sp³-hybridized carbons (Fsp3) is 0.533. The Labute approximate surface area is 124 Å². The number of nitrogens with zero attached hydrogens (tertiary/aromatic N) is 2. The topological polar surface area (TPSA) is 43.8 Å². The monoisotopic (exact) mass is 296 g/mol. The first kappa shape index (κ1) is 15.3. The Hall–Kier alpha value is -1.10. The third-order valence-electron chi connectivity index (χ3n) is 3.74. The lowest BCUT2D eigenvalue weighted by Crippen LogP contribution is -2.28. The largest absolute Gasteiger partial charge is 0.507 e. The van der Waals surface area contributed by atoms with Crippen molar-refractivity contribution >= 4 is 17.4 Å². The van der Waals surface area contributed by atoms with Crippen molar-refractivity contribution in [3.8, 4) is 5.75 Å². The highest BCUT2D eigenvalue weighted by molar-refractivity contribution is 6.31. The summed E-state index contributed by atoms with van der Waals surface area (Å²) in [5, 5.41) is 10.7. The van der Waals surface area contributed by atoms with Crippen molar-refractivity contribution in [1.29, 1.82) is 0 Å². The summed E-state index contributed by atoms with van der Waals surface area (Å²) in [6.45, 7) is 6.12. The summed E-state index contributed by atoms with van der Waals surface area (Å²) in [5.41, 5.74) is 1.03. The van der Waals surface area contributed by atoms with Gasteiger partial charge in [0.05, 0.1) is 5.56 Å². The average Bonchev–Trinajstić information content (AvgIpc) is 2.58. The number of Topliss-reactive ketones (excluding diaryl/α,β-unsaturated/α-hetero) is 1. The number of hydrogen-bond donors (Lipinski definition) is 1. The Bertz CT molecular complexity index is 505. The molecule has 5 heteroatoms. The Balaban J connectivity index is 2.18. The first-order valence-corrected chi connectivity index (χ1v) is 7.28. The predicted molar refractivity (Wildman–Crippen MR) is 80.5 cm³/mol. The van der Waals surface area contributed by atoms with E-state index in [2.05, 4.69) is 16.8 Å². The van der Waals surface area contributed by atoms with Crippen LogP contribution in [0, 0.1) is 0 Å². The number of carbonyl (C=O) groups excluding carboxylic acids is 1. The van der Waals surface area contributed by atoms with Gasteiger partial charge in [0.25, 0.3) is 0 Å². The second-order valence-corrected chi connectivity index (χ2v) is 5.89. The van der Waals surface area contributed by atoms with Gasteiger partial charge in [-0.1, -0.05) is 11.6 Å². The number of hydrogen-bond acceptors (Lipinski definition) is 4. The normalized spacial score (nSPS) is 17.9. The number of rotatable bonds is 3. The molecule has 1 aliphatic heterocycles. The Kier molecular flexibility index (Phi) is 5.02. The van der Waals surface area contributed by atoms with E-state index in [1.165, 1.54) is 13.0 Å². The summed E-state index contributed by atoms with van der Waals surface area (Å²) in [7, 11) is 2.12. The highest BCUT2D eigenvalue weighted by Crippen LogP contribution is 2.28. The molecule has 1 aromatic carbocycles. The maximum atomic E-state index is 11.5. The lowest BCUT2D eigenvalue weighted by atomic mass is 10.1. The van der Waals surface area contributed by atoms with Crippen LogP contribution in [0.2, 0.25) is 5.02 Å². The molecular weight excluding hydrogens is 276 g/mol. The number of phenols is 1. The number of phenolic OH excluding ortho intramolecular Hbond substituents is 1. The summed E-state index contributed by atoms with van der Waals surface area (Å²) in [5.74, 6) is -0.0960. The molecule has 2 rings (SSSR count). The number of benzene rings is 1. The summed E-state index contributed by atoms with van der Waals surface area (Å²) in [4.78, 5) is 16.1. The van der Waals surface area contributed by atoms with E-state index in [1.807, 2.05) is 0 Å². The molecule has 1 N–H and O–H groups in total. The van der Waals surface area contributed by atoms with Gasteiger partial charge in [-0.05, 0) is 45.6 Å². The number of aromatic hydroxyl groups is 1. The fourth-order valence-corrected chi connectivity index (χ4v) is 2.78. The SMILES string of the molecule is CC(=O)c1cc(Cl)cc(CN2CCCN(C)CC2)c1O. The molecule has 0 aromatic heterocycles. The first-order chi connectivity index (χ1) is 9.47. The fourth-order valence-electron chi connectivity index (χ4n) is 2.54. The quantitative estimate of drug-likeness (QED) is 0.870. The molecule has 1 fully saturated rings. The molecule has 0 bridgehead atoms. The molecule has 4 nitrogen and oxygen atoms in total. The molecule has 0 unspecified atom stereocenters. The van der Waals surface area contributed by atoms with E-state index >= 15 is 0 Å². The maximum absolute atomic E-state index is 11.5. The van der Waals surface area contributed by atoms with Gasteiger partial charge in [-0.25, -0.2) is 0 Å². The van der Waals surface area contributed by atoms with Crippen molar-refractivity contribution in [2.24, 2.45) is 0 Å². The molecule has 1 aromatic rings. The van der Waals surface area contributed by atoms with Gasteiger partial charge in [0.2, 0.25) is 0 Å². The molecule has 0 atom stereocenters. The van der Waals surface area contributed by atoms with E-state index in [4.69, 9.17) is 11.6 Å². The zero-order chi connectivity index (χ0) is 14.7. The first-order valence-electron chi connectivity index (χ1n) is 6.90. The molecular formula is C15H21ClN2O2. The van der Waals surface area contributed by atoms with Crippen LogP contribution in [-0.4, -0.2) is 53.9 Å². The second kappa shape index (κ2) is 6.57. The minimum absolute atomic E-state index is 0.0690. The minimum Gasteiger partial charge on any atom is -0.507 e. The van der Waals surface area contributed by atoms with Gasteiger partial charge in [0, 0.05) is 30.2 Å². The highest BCUT2D eigenvalue weighted by atomic mass is 35.5. The zero-order valence-electron chi connectivity index (χ0n) is 12.0. The smallest absolute Gasteiger partial charge is 0.163 e. The predicted octanol–water partition coefficient (Wildman–Crippen LogP) is 2.39. The average molecular weight is 297 g/mol. The summed E-state index contributed by atoms with van der Waals surface area (Å²) >= 11 is 6.05. The van der Waals surface area contributed by atoms with Gasteiger partial charge in [-0.3, -0.25) is 9.69 Å². The van der Waals surface area contributed by atoms with Crippen molar-refractivity contribution in [2.45, 2.75) is 19.9 Å². The van der Waals surface area contributed by atoms with Crippen molar-refractivity contribution in [3.05, 3.63) is 28.3 Å². The minimum atomic E-state index is -0.165. The van der Waals surface area contributed by atoms with Crippen LogP contribution < -0.4 is 0 Å². The highest BCUT2D eigenvalue weighted by Gasteiger charge is 2.17. The molecule has 110 valence electrons. The standard InChI is InChI=1S/C15H21ClN2O2/c1-11(19)14-9-13(16)8-12(15(14)20)10-18-5-3-4-17(2)6-7-18/h8-9,20H,3-7,10H2,1-2H3. The molecule has 1 heterocycles. The molecule has 0 aliphatic carbocycles. The maximum Gasteiger partial charge on any atom is 0.163 e. The number of carbonyl (C=O) groups is 1. The van der Waals surface area contributed by atoms with Crippen LogP contribution >= 0.6 is 11.6 Å². The van der Waals surface area contributed by atoms with E-state index in [-0.39, 0.29) is 11.5 Å². The summed E-state index contributed by atoms with van der Waals surface area (Å²) in [6.07, 6.45) is 1.11. The van der Waals surface area contributed by atoms with Crippen LogP contribution in [-0.2, 0) is 6.54 Å². The summed E-state index contributed by atoms with van der Waals surface area (Å²) in [6, 6.07) is 3.27. The van der Waals surface area contributed by atoms with Gasteiger partial charge >= 0.3 is 0 Å². The van der Waals surface area contributed by atoms with Crippen LogP contribution in [0.3, 0.4) is 0 Å². The van der Waals surface area contributed by atoms with Crippen LogP contribution in [0.15, 0.2) is 12.1 Å². The van der Waals surface area contributed by atoms with Gasteiger partial charge in [-0.15, -0.1) is 0 Å². The van der Waals surface area contributed by atoms with Crippen LogP contribution in [0.1, 0.15) is 29.3 Å². The number of likely N-dealkylation sites (N-methyl/N-ethyl adjacent to an activating group) is 1. The molecule has 20 heavy (non-hydrogen) atoms. The Morgan fingerprint density at radius 1 is 1.30 bits per heavy atom. The third kappa shape index (κ3) is 3.72.